The molecule has 0 saturated carbocycles. The molecule has 0 fully saturated rings. The van der Waals surface area contributed by atoms with Crippen LogP contribution in [0, 0.1) is 0 Å². The first-order valence-corrected chi connectivity index (χ1v) is 7.79. The van der Waals surface area contributed by atoms with Crippen LogP contribution < -0.4 is 10.1 Å². The van der Waals surface area contributed by atoms with Gasteiger partial charge in [-0.1, -0.05) is 23.7 Å². The molecular weight excluding hydrogens is 328 g/mol. The number of rotatable bonds is 6. The lowest BCUT2D eigenvalue weighted by atomic mass is 10.2. The number of nitrogens with one attached hydrogen (secondary N) is 1. The summed E-state index contributed by atoms with van der Waals surface area (Å²) >= 11 is 6.06. The quantitative estimate of drug-likeness (QED) is 0.705. The summed E-state index contributed by atoms with van der Waals surface area (Å²) in [7, 11) is 0. The summed E-state index contributed by atoms with van der Waals surface area (Å²) in [4.78, 5) is 16.1. The summed E-state index contributed by atoms with van der Waals surface area (Å²) in [6.07, 6.45) is 4.03. The number of pyridine rings is 1. The maximum atomic E-state index is 12.0. The molecule has 0 radical (unpaired) electrons. The number of carbonyl (C=O) groups excluding carboxylic acids is 1. The second-order valence-corrected chi connectivity index (χ2v) is 5.45. The van der Waals surface area contributed by atoms with E-state index in [4.69, 9.17) is 20.8 Å². The van der Waals surface area contributed by atoms with Crippen LogP contribution in [-0.2, 0) is 11.2 Å². The number of ether oxygens (including phenoxy) is 1. The Hall–Kier alpha value is -2.79. The number of anilines is 1. The van der Waals surface area contributed by atoms with Crippen molar-refractivity contribution in [3.63, 3.8) is 0 Å². The van der Waals surface area contributed by atoms with Crippen LogP contribution in [0.1, 0.15) is 12.2 Å². The number of hydrogen-bond acceptors (Lipinski definition) is 4. The molecule has 0 unspecified atom stereocenters. The van der Waals surface area contributed by atoms with E-state index in [-0.39, 0.29) is 5.91 Å². The molecule has 1 amide bonds. The van der Waals surface area contributed by atoms with Crippen LogP contribution in [-0.4, -0.2) is 10.9 Å². The number of para-hydroxylation sites is 1. The van der Waals surface area contributed by atoms with E-state index in [1.54, 1.807) is 42.8 Å². The lowest BCUT2D eigenvalue weighted by molar-refractivity contribution is -0.116. The second-order valence-electron chi connectivity index (χ2n) is 5.04. The third kappa shape index (κ3) is 4.36. The third-order valence-electron chi connectivity index (χ3n) is 3.25. The van der Waals surface area contributed by atoms with E-state index in [0.717, 1.165) is 5.76 Å². The molecule has 0 spiro atoms. The summed E-state index contributed by atoms with van der Waals surface area (Å²) in [5.41, 5.74) is 0.608. The van der Waals surface area contributed by atoms with Crippen LogP contribution in [0.3, 0.4) is 0 Å². The predicted molar refractivity (Wildman–Crippen MR) is 91.4 cm³/mol. The first-order valence-electron chi connectivity index (χ1n) is 7.41. The zero-order chi connectivity index (χ0) is 16.8. The highest BCUT2D eigenvalue weighted by atomic mass is 35.5. The molecule has 2 heterocycles. The first-order chi connectivity index (χ1) is 11.7. The number of hydrogen-bond donors (Lipinski definition) is 1. The Morgan fingerprint density at radius 2 is 2.08 bits per heavy atom. The van der Waals surface area contributed by atoms with E-state index in [1.807, 2.05) is 18.2 Å². The average Bonchev–Trinajstić information content (AvgIpc) is 3.09. The molecule has 2 aromatic heterocycles. The molecule has 3 aromatic rings. The molecule has 0 aliphatic heterocycles. The Labute approximate surface area is 144 Å². The monoisotopic (exact) mass is 342 g/mol. The highest BCUT2D eigenvalue weighted by Crippen LogP contribution is 2.28. The minimum Gasteiger partial charge on any atom is -0.469 e. The van der Waals surface area contributed by atoms with Gasteiger partial charge in [0.2, 0.25) is 11.8 Å². The lowest BCUT2D eigenvalue weighted by Gasteiger charge is -2.09. The maximum Gasteiger partial charge on any atom is 0.224 e. The van der Waals surface area contributed by atoms with Gasteiger partial charge in [0.1, 0.15) is 11.5 Å². The third-order valence-corrected chi connectivity index (χ3v) is 3.56. The smallest absolute Gasteiger partial charge is 0.224 e. The predicted octanol–water partition coefficient (Wildman–Crippen LogP) is 4.69. The van der Waals surface area contributed by atoms with Gasteiger partial charge in [0.15, 0.2) is 0 Å². The fourth-order valence-electron chi connectivity index (χ4n) is 2.10. The number of carbonyl (C=O) groups is 1. The van der Waals surface area contributed by atoms with Crippen LogP contribution >= 0.6 is 11.6 Å². The first kappa shape index (κ1) is 16.1. The van der Waals surface area contributed by atoms with Crippen LogP contribution in [0.15, 0.2) is 65.4 Å². The summed E-state index contributed by atoms with van der Waals surface area (Å²) in [5.74, 6) is 1.53. The van der Waals surface area contributed by atoms with Crippen molar-refractivity contribution in [1.29, 1.82) is 0 Å². The fraction of sp³-hybridized carbons (Fsp3) is 0.111. The van der Waals surface area contributed by atoms with E-state index >= 15 is 0 Å². The average molecular weight is 343 g/mol. The standard InChI is InChI=1S/C18H15ClN2O3/c19-15-5-1-2-6-16(15)24-18-12-13(9-10-20-18)21-17(22)8-7-14-4-3-11-23-14/h1-6,9-12H,7-8H2,(H,20,21,22). The van der Waals surface area contributed by atoms with Crippen molar-refractivity contribution in [3.8, 4) is 11.6 Å². The number of amides is 1. The summed E-state index contributed by atoms with van der Waals surface area (Å²) in [6, 6.07) is 14.1. The number of benzene rings is 1. The Morgan fingerprint density at radius 1 is 1.21 bits per heavy atom. The molecule has 1 aromatic carbocycles. The Bertz CT molecular complexity index is 819. The van der Waals surface area contributed by atoms with Crippen molar-refractivity contribution in [2.24, 2.45) is 0 Å². The van der Waals surface area contributed by atoms with Gasteiger partial charge in [0, 0.05) is 30.8 Å². The molecule has 0 bridgehead atoms. The zero-order valence-corrected chi connectivity index (χ0v) is 13.5. The van der Waals surface area contributed by atoms with Gasteiger partial charge >= 0.3 is 0 Å². The van der Waals surface area contributed by atoms with Gasteiger partial charge in [0.05, 0.1) is 11.3 Å². The number of aromatic nitrogens is 1. The Kier molecular flexibility index (Phi) is 5.13. The van der Waals surface area contributed by atoms with E-state index < -0.39 is 0 Å². The molecule has 1 N–H and O–H groups in total. The topological polar surface area (TPSA) is 64.4 Å². The molecule has 5 nitrogen and oxygen atoms in total. The van der Waals surface area contributed by atoms with Gasteiger partial charge in [-0.05, 0) is 30.3 Å². The molecule has 3 rings (SSSR count). The van der Waals surface area contributed by atoms with E-state index in [9.17, 15) is 4.79 Å². The molecule has 0 aliphatic carbocycles. The van der Waals surface area contributed by atoms with Crippen molar-refractivity contribution in [2.75, 3.05) is 5.32 Å². The lowest BCUT2D eigenvalue weighted by Crippen LogP contribution is -2.12. The summed E-state index contributed by atoms with van der Waals surface area (Å²) in [6.45, 7) is 0. The molecular formula is C18H15ClN2O3. The number of nitrogens with zero attached hydrogens (tertiary/aromatic N) is 1. The van der Waals surface area contributed by atoms with Crippen molar-refractivity contribution in [1.82, 2.24) is 4.98 Å². The Balaban J connectivity index is 1.60. The maximum absolute atomic E-state index is 12.0. The van der Waals surface area contributed by atoms with Gasteiger partial charge in [-0.15, -0.1) is 0 Å². The van der Waals surface area contributed by atoms with E-state index in [1.165, 1.54) is 0 Å². The van der Waals surface area contributed by atoms with Crippen LogP contribution in [0.5, 0.6) is 11.6 Å². The van der Waals surface area contributed by atoms with Gasteiger partial charge in [-0.25, -0.2) is 4.98 Å². The van der Waals surface area contributed by atoms with Gasteiger partial charge in [0.25, 0.3) is 0 Å². The van der Waals surface area contributed by atoms with Crippen LogP contribution in [0.25, 0.3) is 0 Å². The number of furan rings is 1. The van der Waals surface area contributed by atoms with Crippen molar-refractivity contribution < 1.29 is 13.9 Å². The molecule has 24 heavy (non-hydrogen) atoms. The number of aryl methyl sites for hydroxylation is 1. The van der Waals surface area contributed by atoms with Gasteiger partial charge in [-0.3, -0.25) is 4.79 Å². The van der Waals surface area contributed by atoms with Gasteiger partial charge in [-0.2, -0.15) is 0 Å². The normalized spacial score (nSPS) is 10.4. The van der Waals surface area contributed by atoms with Crippen molar-refractivity contribution in [3.05, 3.63) is 71.8 Å². The minimum absolute atomic E-state index is 0.110. The highest BCUT2D eigenvalue weighted by molar-refractivity contribution is 6.32. The molecule has 0 atom stereocenters. The molecule has 0 saturated heterocycles. The second kappa shape index (κ2) is 7.66. The molecule has 122 valence electrons. The molecule has 0 aliphatic rings. The largest absolute Gasteiger partial charge is 0.469 e. The van der Waals surface area contributed by atoms with Crippen molar-refractivity contribution >= 4 is 23.2 Å². The van der Waals surface area contributed by atoms with Gasteiger partial charge < -0.3 is 14.5 Å². The summed E-state index contributed by atoms with van der Waals surface area (Å²) < 4.78 is 10.8. The van der Waals surface area contributed by atoms with Crippen molar-refractivity contribution in [2.45, 2.75) is 12.8 Å². The van der Waals surface area contributed by atoms with Crippen LogP contribution in [0.2, 0.25) is 5.02 Å². The minimum atomic E-state index is -0.110. The summed E-state index contributed by atoms with van der Waals surface area (Å²) in [5, 5.41) is 3.30. The van der Waals surface area contributed by atoms with E-state index in [0.29, 0.717) is 35.2 Å². The SMILES string of the molecule is O=C(CCc1ccco1)Nc1ccnc(Oc2ccccc2Cl)c1. The zero-order valence-electron chi connectivity index (χ0n) is 12.7. The Morgan fingerprint density at radius 3 is 2.88 bits per heavy atom. The van der Waals surface area contributed by atoms with Crippen LogP contribution in [0.4, 0.5) is 5.69 Å². The molecule has 6 heteroatoms. The highest BCUT2D eigenvalue weighted by Gasteiger charge is 2.07. The number of halogens is 1. The fourth-order valence-corrected chi connectivity index (χ4v) is 2.27. The van der Waals surface area contributed by atoms with E-state index in [2.05, 4.69) is 10.3 Å².